The van der Waals surface area contributed by atoms with E-state index in [1.807, 2.05) is 7.05 Å². The standard InChI is InChI=1S/C17H25NO2/c1-18-16(9-8-14-6-2-3-11-19-14)15-7-4-5-13-10-12-20-17(13)15/h4-5,7,14,16,18H,2-3,6,8-12H2,1H3. The molecule has 1 aromatic rings. The molecule has 3 rings (SSSR count). The molecule has 2 atom stereocenters. The highest BCUT2D eigenvalue weighted by atomic mass is 16.5. The zero-order valence-corrected chi connectivity index (χ0v) is 12.4. The van der Waals surface area contributed by atoms with E-state index in [1.54, 1.807) is 0 Å². The normalized spacial score (nSPS) is 23.1. The van der Waals surface area contributed by atoms with Gasteiger partial charge in [0.1, 0.15) is 5.75 Å². The fourth-order valence-corrected chi connectivity index (χ4v) is 3.36. The monoisotopic (exact) mass is 275 g/mol. The van der Waals surface area contributed by atoms with Gasteiger partial charge in [-0.2, -0.15) is 0 Å². The number of nitrogens with one attached hydrogen (secondary N) is 1. The van der Waals surface area contributed by atoms with E-state index in [-0.39, 0.29) is 0 Å². The quantitative estimate of drug-likeness (QED) is 0.895. The largest absolute Gasteiger partial charge is 0.493 e. The highest BCUT2D eigenvalue weighted by molar-refractivity contribution is 5.45. The fraction of sp³-hybridized carbons (Fsp3) is 0.647. The second-order valence-electron chi connectivity index (χ2n) is 5.84. The minimum absolute atomic E-state index is 0.369. The van der Waals surface area contributed by atoms with E-state index in [1.165, 1.54) is 30.4 Å². The van der Waals surface area contributed by atoms with Crippen LogP contribution in [0.25, 0.3) is 0 Å². The van der Waals surface area contributed by atoms with Crippen molar-refractivity contribution in [2.24, 2.45) is 0 Å². The summed E-state index contributed by atoms with van der Waals surface area (Å²) in [5, 5.41) is 3.45. The molecule has 0 aliphatic carbocycles. The lowest BCUT2D eigenvalue weighted by Gasteiger charge is -2.25. The third-order valence-corrected chi connectivity index (χ3v) is 4.52. The van der Waals surface area contributed by atoms with Crippen molar-refractivity contribution in [3.8, 4) is 5.75 Å². The Labute approximate surface area is 121 Å². The summed E-state index contributed by atoms with van der Waals surface area (Å²) in [7, 11) is 2.04. The predicted octanol–water partition coefficient (Wildman–Crippen LogP) is 3.23. The van der Waals surface area contributed by atoms with Crippen molar-refractivity contribution in [1.82, 2.24) is 5.32 Å². The second kappa shape index (κ2) is 6.59. The smallest absolute Gasteiger partial charge is 0.127 e. The SMILES string of the molecule is CNC(CCC1CCCCO1)c1cccc2c1OCC2. The highest BCUT2D eigenvalue weighted by Gasteiger charge is 2.22. The molecule has 1 saturated heterocycles. The number of rotatable bonds is 5. The van der Waals surface area contributed by atoms with Crippen LogP contribution in [0.5, 0.6) is 5.75 Å². The molecule has 0 saturated carbocycles. The highest BCUT2D eigenvalue weighted by Crippen LogP contribution is 2.35. The van der Waals surface area contributed by atoms with Gasteiger partial charge in [0, 0.05) is 24.6 Å². The zero-order valence-electron chi connectivity index (χ0n) is 12.4. The first kappa shape index (κ1) is 13.9. The van der Waals surface area contributed by atoms with Gasteiger partial charge in [-0.1, -0.05) is 18.2 Å². The minimum atomic E-state index is 0.369. The average Bonchev–Trinajstić information content (AvgIpc) is 2.98. The van der Waals surface area contributed by atoms with Crippen LogP contribution in [-0.4, -0.2) is 26.4 Å². The first-order chi connectivity index (χ1) is 9.88. The Morgan fingerprint density at radius 1 is 1.30 bits per heavy atom. The zero-order chi connectivity index (χ0) is 13.8. The average molecular weight is 275 g/mol. The Morgan fingerprint density at radius 2 is 2.25 bits per heavy atom. The Hall–Kier alpha value is -1.06. The van der Waals surface area contributed by atoms with E-state index in [0.717, 1.165) is 38.2 Å². The Kier molecular flexibility index (Phi) is 4.58. The van der Waals surface area contributed by atoms with Crippen LogP contribution in [0.1, 0.15) is 49.3 Å². The van der Waals surface area contributed by atoms with Crippen molar-refractivity contribution >= 4 is 0 Å². The molecule has 0 radical (unpaired) electrons. The van der Waals surface area contributed by atoms with E-state index in [9.17, 15) is 0 Å². The van der Waals surface area contributed by atoms with E-state index in [2.05, 4.69) is 23.5 Å². The van der Waals surface area contributed by atoms with Crippen LogP contribution in [0.4, 0.5) is 0 Å². The van der Waals surface area contributed by atoms with Gasteiger partial charge in [-0.3, -0.25) is 0 Å². The lowest BCUT2D eigenvalue weighted by atomic mass is 9.95. The number of hydrogen-bond donors (Lipinski definition) is 1. The van der Waals surface area contributed by atoms with Gasteiger partial charge >= 0.3 is 0 Å². The number of ether oxygens (including phenoxy) is 2. The molecule has 0 amide bonds. The summed E-state index contributed by atoms with van der Waals surface area (Å²) in [4.78, 5) is 0. The molecular formula is C17H25NO2. The third-order valence-electron chi connectivity index (χ3n) is 4.52. The number of benzene rings is 1. The van der Waals surface area contributed by atoms with Crippen molar-refractivity contribution in [2.45, 2.75) is 50.7 Å². The van der Waals surface area contributed by atoms with E-state index in [4.69, 9.17) is 9.47 Å². The summed E-state index contributed by atoms with van der Waals surface area (Å²) >= 11 is 0. The molecule has 20 heavy (non-hydrogen) atoms. The van der Waals surface area contributed by atoms with Crippen molar-refractivity contribution in [1.29, 1.82) is 0 Å². The third kappa shape index (κ3) is 2.99. The molecule has 3 heteroatoms. The molecular weight excluding hydrogens is 250 g/mol. The fourth-order valence-electron chi connectivity index (χ4n) is 3.36. The van der Waals surface area contributed by atoms with Crippen LogP contribution in [0.3, 0.4) is 0 Å². The molecule has 0 spiro atoms. The van der Waals surface area contributed by atoms with Crippen molar-refractivity contribution in [3.63, 3.8) is 0 Å². The summed E-state index contributed by atoms with van der Waals surface area (Å²) in [5.74, 6) is 1.12. The number of fused-ring (bicyclic) bond motifs is 1. The predicted molar refractivity (Wildman–Crippen MR) is 80.3 cm³/mol. The maximum absolute atomic E-state index is 5.84. The Bertz CT molecular complexity index is 441. The first-order valence-electron chi connectivity index (χ1n) is 7.92. The van der Waals surface area contributed by atoms with Gasteiger partial charge in [-0.25, -0.2) is 0 Å². The lowest BCUT2D eigenvalue weighted by Crippen LogP contribution is -2.23. The maximum atomic E-state index is 5.84. The summed E-state index contributed by atoms with van der Waals surface area (Å²) in [6.45, 7) is 1.77. The summed E-state index contributed by atoms with van der Waals surface area (Å²) < 4.78 is 11.7. The first-order valence-corrected chi connectivity index (χ1v) is 7.92. The van der Waals surface area contributed by atoms with E-state index >= 15 is 0 Å². The van der Waals surface area contributed by atoms with Crippen molar-refractivity contribution < 1.29 is 9.47 Å². The van der Waals surface area contributed by atoms with Crippen LogP contribution in [0, 0.1) is 0 Å². The van der Waals surface area contributed by atoms with Gasteiger partial charge in [0.2, 0.25) is 0 Å². The maximum Gasteiger partial charge on any atom is 0.127 e. The molecule has 1 N–H and O–H groups in total. The van der Waals surface area contributed by atoms with Crippen LogP contribution in [-0.2, 0) is 11.2 Å². The van der Waals surface area contributed by atoms with Gasteiger partial charge in [0.25, 0.3) is 0 Å². The summed E-state index contributed by atoms with van der Waals surface area (Å²) in [6.07, 6.45) is 7.52. The molecule has 2 aliphatic heterocycles. The molecule has 3 nitrogen and oxygen atoms in total. The van der Waals surface area contributed by atoms with Gasteiger partial charge in [0.05, 0.1) is 12.7 Å². The molecule has 1 fully saturated rings. The van der Waals surface area contributed by atoms with Crippen molar-refractivity contribution in [2.75, 3.05) is 20.3 Å². The minimum Gasteiger partial charge on any atom is -0.493 e. The number of hydrogen-bond acceptors (Lipinski definition) is 3. The van der Waals surface area contributed by atoms with Crippen LogP contribution < -0.4 is 10.1 Å². The summed E-state index contributed by atoms with van der Waals surface area (Å²) in [5.41, 5.74) is 2.68. The second-order valence-corrected chi connectivity index (χ2v) is 5.84. The van der Waals surface area contributed by atoms with E-state index < -0.39 is 0 Å². The Balaban J connectivity index is 1.65. The topological polar surface area (TPSA) is 30.5 Å². The molecule has 2 unspecified atom stereocenters. The lowest BCUT2D eigenvalue weighted by molar-refractivity contribution is 0.00862. The summed E-state index contributed by atoms with van der Waals surface area (Å²) in [6, 6.07) is 6.91. The van der Waals surface area contributed by atoms with Gasteiger partial charge in [0.15, 0.2) is 0 Å². The molecule has 1 aromatic carbocycles. The molecule has 110 valence electrons. The molecule has 2 heterocycles. The van der Waals surface area contributed by atoms with Gasteiger partial charge in [-0.15, -0.1) is 0 Å². The molecule has 2 aliphatic rings. The number of para-hydroxylation sites is 1. The Morgan fingerprint density at radius 3 is 3.05 bits per heavy atom. The van der Waals surface area contributed by atoms with Crippen LogP contribution in [0.15, 0.2) is 18.2 Å². The van der Waals surface area contributed by atoms with E-state index in [0.29, 0.717) is 12.1 Å². The van der Waals surface area contributed by atoms with Gasteiger partial charge < -0.3 is 14.8 Å². The van der Waals surface area contributed by atoms with Crippen LogP contribution in [0.2, 0.25) is 0 Å². The molecule has 0 bridgehead atoms. The molecule has 0 aromatic heterocycles. The van der Waals surface area contributed by atoms with Crippen LogP contribution >= 0.6 is 0 Å². The van der Waals surface area contributed by atoms with Crippen molar-refractivity contribution in [3.05, 3.63) is 29.3 Å². The van der Waals surface area contributed by atoms with Gasteiger partial charge in [-0.05, 0) is 44.7 Å².